The summed E-state index contributed by atoms with van der Waals surface area (Å²) < 4.78 is 0. The molecular formula is C21H28N6O. The molecule has 148 valence electrons. The quantitative estimate of drug-likeness (QED) is 0.859. The third-order valence-electron chi connectivity index (χ3n) is 6.80. The van der Waals surface area contributed by atoms with Gasteiger partial charge in [0.05, 0.1) is 6.20 Å². The Balaban J connectivity index is 1.36. The number of amides is 1. The lowest BCUT2D eigenvalue weighted by Crippen LogP contribution is -2.47. The van der Waals surface area contributed by atoms with E-state index in [2.05, 4.69) is 32.0 Å². The van der Waals surface area contributed by atoms with Crippen LogP contribution in [0.5, 0.6) is 0 Å². The molecule has 2 saturated heterocycles. The lowest BCUT2D eigenvalue weighted by Gasteiger charge is -2.41. The molecule has 0 saturated carbocycles. The largest absolute Gasteiger partial charge is 0.356 e. The predicted molar refractivity (Wildman–Crippen MR) is 108 cm³/mol. The molecule has 0 aromatic carbocycles. The number of likely N-dealkylation sites (N-methyl/N-ethyl adjacent to an activating group) is 1. The van der Waals surface area contributed by atoms with Gasteiger partial charge in [-0.1, -0.05) is 0 Å². The highest BCUT2D eigenvalue weighted by Gasteiger charge is 2.43. The molecule has 1 unspecified atom stereocenters. The third kappa shape index (κ3) is 2.98. The number of piperidine rings is 1. The number of hydrogen-bond acceptors (Lipinski definition) is 5. The number of piperazine rings is 1. The summed E-state index contributed by atoms with van der Waals surface area (Å²) in [6.45, 7) is 5.40. The number of nitrogens with one attached hydrogen (secondary N) is 1. The highest BCUT2D eigenvalue weighted by atomic mass is 16.2. The van der Waals surface area contributed by atoms with Crippen molar-refractivity contribution in [3.05, 3.63) is 41.3 Å². The van der Waals surface area contributed by atoms with Gasteiger partial charge in [0.25, 0.3) is 5.91 Å². The lowest BCUT2D eigenvalue weighted by atomic mass is 9.77. The van der Waals surface area contributed by atoms with E-state index in [0.717, 1.165) is 63.5 Å². The van der Waals surface area contributed by atoms with Gasteiger partial charge in [0, 0.05) is 62.1 Å². The molecule has 1 amide bonds. The average molecular weight is 380 g/mol. The third-order valence-corrected chi connectivity index (χ3v) is 6.80. The van der Waals surface area contributed by atoms with Gasteiger partial charge in [-0.25, -0.2) is 4.98 Å². The Morgan fingerprint density at radius 2 is 2.04 bits per heavy atom. The first kappa shape index (κ1) is 17.7. The number of pyridine rings is 1. The highest BCUT2D eigenvalue weighted by molar-refractivity contribution is 5.95. The molecule has 0 radical (unpaired) electrons. The molecule has 5 rings (SSSR count). The average Bonchev–Trinajstić information content (AvgIpc) is 3.33. The lowest BCUT2D eigenvalue weighted by molar-refractivity contribution is 0.0664. The summed E-state index contributed by atoms with van der Waals surface area (Å²) in [6, 6.07) is 3.84. The second kappa shape index (κ2) is 6.88. The molecule has 28 heavy (non-hydrogen) atoms. The Kier molecular flexibility index (Phi) is 4.34. The fraction of sp³-hybridized carbons (Fsp3) is 0.571. The van der Waals surface area contributed by atoms with Crippen molar-refractivity contribution in [2.45, 2.75) is 31.1 Å². The number of aromatic amines is 1. The zero-order valence-corrected chi connectivity index (χ0v) is 16.5. The summed E-state index contributed by atoms with van der Waals surface area (Å²) in [5, 5.41) is 7.54. The van der Waals surface area contributed by atoms with Gasteiger partial charge in [0.2, 0.25) is 0 Å². The van der Waals surface area contributed by atoms with Crippen molar-refractivity contribution in [1.29, 1.82) is 0 Å². The van der Waals surface area contributed by atoms with E-state index in [4.69, 9.17) is 0 Å². The van der Waals surface area contributed by atoms with Crippen molar-refractivity contribution in [2.24, 2.45) is 0 Å². The number of H-pyrrole nitrogens is 1. The normalized spacial score (nSPS) is 25.3. The summed E-state index contributed by atoms with van der Waals surface area (Å²) in [6.07, 6.45) is 8.38. The van der Waals surface area contributed by atoms with Gasteiger partial charge >= 0.3 is 0 Å². The molecule has 3 aliphatic rings. The molecule has 7 heteroatoms. The Morgan fingerprint density at radius 3 is 2.89 bits per heavy atom. The van der Waals surface area contributed by atoms with Gasteiger partial charge in [0.1, 0.15) is 5.82 Å². The number of anilines is 1. The number of nitrogens with zero attached hydrogens (tertiary/aromatic N) is 5. The molecule has 1 aliphatic carbocycles. The van der Waals surface area contributed by atoms with Crippen LogP contribution in [0.2, 0.25) is 0 Å². The number of aryl methyl sites for hydroxylation is 1. The van der Waals surface area contributed by atoms with E-state index in [0.29, 0.717) is 0 Å². The summed E-state index contributed by atoms with van der Waals surface area (Å²) in [5.41, 5.74) is 3.60. The van der Waals surface area contributed by atoms with Crippen LogP contribution in [-0.2, 0) is 11.8 Å². The van der Waals surface area contributed by atoms with Gasteiger partial charge in [-0.05, 0) is 50.4 Å². The molecule has 2 aromatic heterocycles. The predicted octanol–water partition coefficient (Wildman–Crippen LogP) is 1.68. The van der Waals surface area contributed by atoms with Crippen LogP contribution in [0.1, 0.15) is 40.9 Å². The minimum absolute atomic E-state index is 0.125. The number of carbonyl (C=O) groups is 1. The van der Waals surface area contributed by atoms with E-state index < -0.39 is 0 Å². The molecule has 2 fully saturated rings. The second-order valence-corrected chi connectivity index (χ2v) is 8.57. The summed E-state index contributed by atoms with van der Waals surface area (Å²) >= 11 is 0. The van der Waals surface area contributed by atoms with Crippen LogP contribution in [0.15, 0.2) is 24.5 Å². The minimum Gasteiger partial charge on any atom is -0.356 e. The monoisotopic (exact) mass is 380 g/mol. The Hall–Kier alpha value is -2.41. The van der Waals surface area contributed by atoms with Crippen molar-refractivity contribution in [1.82, 2.24) is 25.0 Å². The molecule has 7 nitrogen and oxygen atoms in total. The maximum atomic E-state index is 13.0. The zero-order valence-electron chi connectivity index (χ0n) is 16.5. The summed E-state index contributed by atoms with van der Waals surface area (Å²) in [7, 11) is 2.10. The van der Waals surface area contributed by atoms with Gasteiger partial charge in [0.15, 0.2) is 0 Å². The maximum absolute atomic E-state index is 13.0. The first-order valence-electron chi connectivity index (χ1n) is 10.4. The van der Waals surface area contributed by atoms with Crippen LogP contribution >= 0.6 is 0 Å². The highest BCUT2D eigenvalue weighted by Crippen LogP contribution is 2.44. The van der Waals surface area contributed by atoms with Crippen molar-refractivity contribution >= 4 is 11.7 Å². The van der Waals surface area contributed by atoms with Crippen molar-refractivity contribution < 1.29 is 4.79 Å². The molecule has 1 N–H and O–H groups in total. The SMILES string of the molecule is CN1CCN(C(=O)c2ccnc(N3CCCC4(CCc5cn[nH]c54)C3)c2)CC1. The standard InChI is InChI=1S/C21H28N6O/c1-25-9-11-26(12-10-25)20(28)16-4-7-22-18(13-16)27-8-2-5-21(15-27)6-3-17-14-23-24-19(17)21/h4,7,13-14H,2-3,5-6,8-12,15H2,1H3,(H,23,24). The van der Waals surface area contributed by atoms with Crippen molar-refractivity contribution in [3.8, 4) is 0 Å². The van der Waals surface area contributed by atoms with Crippen LogP contribution in [0.3, 0.4) is 0 Å². The fourth-order valence-corrected chi connectivity index (χ4v) is 5.11. The zero-order chi connectivity index (χ0) is 19.1. The first-order chi connectivity index (χ1) is 13.6. The van der Waals surface area contributed by atoms with Gasteiger partial charge in [-0.3, -0.25) is 9.89 Å². The van der Waals surface area contributed by atoms with Crippen molar-refractivity contribution in [3.63, 3.8) is 0 Å². The van der Waals surface area contributed by atoms with E-state index in [9.17, 15) is 4.79 Å². The van der Waals surface area contributed by atoms with Gasteiger partial charge in [-0.2, -0.15) is 5.10 Å². The number of rotatable bonds is 2. The number of aromatic nitrogens is 3. The van der Waals surface area contributed by atoms with Crippen molar-refractivity contribution in [2.75, 3.05) is 51.2 Å². The fourth-order valence-electron chi connectivity index (χ4n) is 5.11. The minimum atomic E-state index is 0.125. The molecule has 4 heterocycles. The smallest absolute Gasteiger partial charge is 0.254 e. The maximum Gasteiger partial charge on any atom is 0.254 e. The van der Waals surface area contributed by atoms with Crippen LogP contribution in [-0.4, -0.2) is 77.2 Å². The molecular weight excluding hydrogens is 352 g/mol. The molecule has 0 bridgehead atoms. The van der Waals surface area contributed by atoms with Crippen LogP contribution < -0.4 is 4.90 Å². The first-order valence-corrected chi connectivity index (χ1v) is 10.4. The van der Waals surface area contributed by atoms with Gasteiger partial charge < -0.3 is 14.7 Å². The van der Waals surface area contributed by atoms with Crippen LogP contribution in [0.4, 0.5) is 5.82 Å². The number of hydrogen-bond donors (Lipinski definition) is 1. The Labute approximate surface area is 165 Å². The Bertz CT molecular complexity index is 871. The molecule has 2 aromatic rings. The van der Waals surface area contributed by atoms with E-state index in [-0.39, 0.29) is 11.3 Å². The molecule has 1 atom stereocenters. The van der Waals surface area contributed by atoms with E-state index >= 15 is 0 Å². The molecule has 2 aliphatic heterocycles. The second-order valence-electron chi connectivity index (χ2n) is 8.57. The van der Waals surface area contributed by atoms with E-state index in [1.54, 1.807) is 6.20 Å². The van der Waals surface area contributed by atoms with E-state index in [1.807, 2.05) is 23.2 Å². The van der Waals surface area contributed by atoms with Crippen LogP contribution in [0, 0.1) is 0 Å². The number of carbonyl (C=O) groups excluding carboxylic acids is 1. The van der Waals surface area contributed by atoms with Gasteiger partial charge in [-0.15, -0.1) is 0 Å². The summed E-state index contributed by atoms with van der Waals surface area (Å²) in [5.74, 6) is 1.05. The number of fused-ring (bicyclic) bond motifs is 2. The Morgan fingerprint density at radius 1 is 1.18 bits per heavy atom. The molecule has 1 spiro atoms. The summed E-state index contributed by atoms with van der Waals surface area (Å²) in [4.78, 5) is 24.2. The van der Waals surface area contributed by atoms with Crippen LogP contribution in [0.25, 0.3) is 0 Å². The topological polar surface area (TPSA) is 68.4 Å². The van der Waals surface area contributed by atoms with E-state index in [1.165, 1.54) is 24.1 Å².